The predicted molar refractivity (Wildman–Crippen MR) is 145 cm³/mol. The molecule has 0 spiro atoms. The van der Waals surface area contributed by atoms with E-state index in [0.717, 1.165) is 25.7 Å². The minimum absolute atomic E-state index is 0.0392. The van der Waals surface area contributed by atoms with Crippen LogP contribution in [0, 0.1) is 0 Å². The van der Waals surface area contributed by atoms with Crippen LogP contribution in [0.5, 0.6) is 0 Å². The Morgan fingerprint density at radius 2 is 1.30 bits per heavy atom. The second-order valence-electron chi connectivity index (χ2n) is 9.49. The van der Waals surface area contributed by atoms with Gasteiger partial charge in [-0.05, 0) is 12.8 Å². The zero-order valence-electron chi connectivity index (χ0n) is 22.3. The van der Waals surface area contributed by atoms with E-state index in [1.807, 2.05) is 0 Å². The largest absolute Gasteiger partial charge is 0.480 e. The number of nitrogens with one attached hydrogen (secondary N) is 1. The fourth-order valence-corrected chi connectivity index (χ4v) is 4.15. The van der Waals surface area contributed by atoms with Crippen LogP contribution in [-0.2, 0) is 24.0 Å². The number of hydrogen-bond acceptors (Lipinski definition) is 7. The van der Waals surface area contributed by atoms with E-state index in [0.29, 0.717) is 11.3 Å². The fraction of sp³-hybridized carbons (Fsp3) is 0.808. The highest BCUT2D eigenvalue weighted by molar-refractivity contribution is 7.80. The number of carbonyl (C=O) groups excluding carboxylic acids is 3. The first kappa shape index (κ1) is 34.9. The van der Waals surface area contributed by atoms with Crippen LogP contribution in [0.15, 0.2) is 0 Å². The Kier molecular flexibility index (Phi) is 20.6. The number of carboxylic acids is 2. The van der Waals surface area contributed by atoms with Gasteiger partial charge in [0.1, 0.15) is 18.6 Å². The Labute approximate surface area is 226 Å². The number of imide groups is 1. The predicted octanol–water partition coefficient (Wildman–Crippen LogP) is 3.51. The molecule has 3 amide bonds. The average Bonchev–Trinajstić information content (AvgIpc) is 2.86. The van der Waals surface area contributed by atoms with Gasteiger partial charge in [-0.25, -0.2) is 0 Å². The van der Waals surface area contributed by atoms with E-state index in [-0.39, 0.29) is 25.0 Å². The lowest BCUT2D eigenvalue weighted by molar-refractivity contribution is -0.153. The molecule has 0 aliphatic heterocycles. The number of nitrogens with two attached hydrogens (primary N) is 1. The minimum atomic E-state index is -1.34. The van der Waals surface area contributed by atoms with Crippen molar-refractivity contribution >= 4 is 42.3 Å². The number of rotatable bonds is 23. The van der Waals surface area contributed by atoms with Crippen molar-refractivity contribution in [2.75, 3.05) is 12.3 Å². The lowest BCUT2D eigenvalue weighted by Crippen LogP contribution is -2.53. The first-order chi connectivity index (χ1) is 17.6. The van der Waals surface area contributed by atoms with Crippen LogP contribution >= 0.6 is 12.6 Å². The molecule has 0 aliphatic rings. The van der Waals surface area contributed by atoms with Gasteiger partial charge in [-0.3, -0.25) is 28.9 Å². The molecule has 0 fully saturated rings. The van der Waals surface area contributed by atoms with E-state index in [1.54, 1.807) is 0 Å². The molecule has 0 rings (SSSR count). The van der Waals surface area contributed by atoms with Gasteiger partial charge in [-0.2, -0.15) is 12.6 Å². The van der Waals surface area contributed by atoms with Crippen molar-refractivity contribution in [2.24, 2.45) is 5.73 Å². The number of carboxylic acid groups (broad SMARTS) is 2. The molecule has 2 atom stereocenters. The Morgan fingerprint density at radius 3 is 1.73 bits per heavy atom. The number of nitrogens with zero attached hydrogens (tertiary/aromatic N) is 1. The first-order valence-corrected chi connectivity index (χ1v) is 14.2. The molecule has 0 radical (unpaired) electrons. The third kappa shape index (κ3) is 17.9. The molecule has 0 aromatic rings. The van der Waals surface area contributed by atoms with Crippen molar-refractivity contribution in [3.63, 3.8) is 0 Å². The summed E-state index contributed by atoms with van der Waals surface area (Å²) in [6, 6.07) is -2.44. The lowest BCUT2D eigenvalue weighted by atomic mass is 10.0. The van der Waals surface area contributed by atoms with Crippen molar-refractivity contribution in [1.82, 2.24) is 10.2 Å². The molecular formula is C26H47N3O7S. The third-order valence-corrected chi connectivity index (χ3v) is 6.54. The Morgan fingerprint density at radius 1 is 0.811 bits per heavy atom. The van der Waals surface area contributed by atoms with Crippen LogP contribution in [0.1, 0.15) is 110 Å². The zero-order chi connectivity index (χ0) is 28.1. The van der Waals surface area contributed by atoms with Gasteiger partial charge >= 0.3 is 11.9 Å². The highest BCUT2D eigenvalue weighted by atomic mass is 32.1. The quantitative estimate of drug-likeness (QED) is 0.0960. The summed E-state index contributed by atoms with van der Waals surface area (Å²) in [4.78, 5) is 60.3. The Hall–Kier alpha value is -2.14. The molecule has 11 heteroatoms. The van der Waals surface area contributed by atoms with Gasteiger partial charge in [0.05, 0.1) is 0 Å². The summed E-state index contributed by atoms with van der Waals surface area (Å²) in [7, 11) is 0. The van der Waals surface area contributed by atoms with Gasteiger partial charge in [0, 0.05) is 18.6 Å². The topological polar surface area (TPSA) is 167 Å². The second kappa shape index (κ2) is 21.9. The van der Waals surface area contributed by atoms with E-state index in [1.165, 1.54) is 51.4 Å². The monoisotopic (exact) mass is 545 g/mol. The van der Waals surface area contributed by atoms with Gasteiger partial charge in [-0.15, -0.1) is 0 Å². The summed E-state index contributed by atoms with van der Waals surface area (Å²) in [5.41, 5.74) is 5.37. The molecule has 0 aromatic carbocycles. The van der Waals surface area contributed by atoms with Crippen LogP contribution in [0.3, 0.4) is 0 Å². The van der Waals surface area contributed by atoms with Crippen molar-refractivity contribution in [1.29, 1.82) is 0 Å². The standard InChI is InChI=1S/C26H47N3O7S/c1-2-3-4-5-6-7-8-9-10-11-12-13-14-15-23(31)29(18-24(32)33)25(34)21(19-37)28-22(30)17-16-20(27)26(35)36/h20-21,37H,2-19,27H2,1H3,(H,28,30)(H,32,33)(H,35,36). The molecule has 10 nitrogen and oxygen atoms in total. The van der Waals surface area contributed by atoms with Crippen LogP contribution in [0.4, 0.5) is 0 Å². The molecule has 0 aliphatic carbocycles. The molecule has 37 heavy (non-hydrogen) atoms. The van der Waals surface area contributed by atoms with Crippen molar-refractivity contribution in [3.8, 4) is 0 Å². The summed E-state index contributed by atoms with van der Waals surface area (Å²) in [6.07, 6.45) is 14.6. The Bertz CT molecular complexity index is 706. The summed E-state index contributed by atoms with van der Waals surface area (Å²) in [6.45, 7) is 1.41. The van der Waals surface area contributed by atoms with Gasteiger partial charge in [0.15, 0.2) is 0 Å². The number of carbonyl (C=O) groups is 5. The third-order valence-electron chi connectivity index (χ3n) is 6.17. The summed E-state index contributed by atoms with van der Waals surface area (Å²) in [5, 5.41) is 20.4. The maximum absolute atomic E-state index is 12.8. The molecule has 214 valence electrons. The Balaban J connectivity index is 4.41. The number of thiol groups is 1. The molecule has 0 heterocycles. The minimum Gasteiger partial charge on any atom is -0.480 e. The maximum Gasteiger partial charge on any atom is 0.323 e. The molecule has 0 saturated heterocycles. The van der Waals surface area contributed by atoms with Gasteiger partial charge in [-0.1, -0.05) is 84.0 Å². The van der Waals surface area contributed by atoms with Crippen molar-refractivity contribution < 1.29 is 34.2 Å². The van der Waals surface area contributed by atoms with Crippen LogP contribution in [0.25, 0.3) is 0 Å². The van der Waals surface area contributed by atoms with Gasteiger partial charge in [0.2, 0.25) is 11.8 Å². The second-order valence-corrected chi connectivity index (χ2v) is 9.86. The smallest absolute Gasteiger partial charge is 0.323 e. The van der Waals surface area contributed by atoms with Gasteiger partial charge < -0.3 is 21.3 Å². The molecule has 0 bridgehead atoms. The van der Waals surface area contributed by atoms with E-state index in [4.69, 9.17) is 10.8 Å². The zero-order valence-corrected chi connectivity index (χ0v) is 23.2. The highest BCUT2D eigenvalue weighted by Crippen LogP contribution is 2.14. The lowest BCUT2D eigenvalue weighted by Gasteiger charge is -2.24. The highest BCUT2D eigenvalue weighted by Gasteiger charge is 2.30. The average molecular weight is 546 g/mol. The van der Waals surface area contributed by atoms with Crippen LogP contribution in [-0.4, -0.2) is 69.2 Å². The normalized spacial score (nSPS) is 12.5. The van der Waals surface area contributed by atoms with Crippen molar-refractivity contribution in [2.45, 2.75) is 122 Å². The van der Waals surface area contributed by atoms with Crippen molar-refractivity contribution in [3.05, 3.63) is 0 Å². The van der Waals surface area contributed by atoms with Crippen LogP contribution in [0.2, 0.25) is 0 Å². The molecule has 0 saturated carbocycles. The molecule has 0 aromatic heterocycles. The maximum atomic E-state index is 12.8. The number of unbranched alkanes of at least 4 members (excludes halogenated alkanes) is 12. The van der Waals surface area contributed by atoms with Gasteiger partial charge in [0.25, 0.3) is 5.91 Å². The fourth-order valence-electron chi connectivity index (χ4n) is 3.90. The van der Waals surface area contributed by atoms with E-state index in [9.17, 15) is 29.1 Å². The van der Waals surface area contributed by atoms with Crippen LogP contribution < -0.4 is 11.1 Å². The van der Waals surface area contributed by atoms with E-state index >= 15 is 0 Å². The number of aliphatic carboxylic acids is 2. The van der Waals surface area contributed by atoms with E-state index in [2.05, 4.69) is 24.9 Å². The molecular weight excluding hydrogens is 498 g/mol. The SMILES string of the molecule is CCCCCCCCCCCCCCCC(=O)N(CC(=O)O)C(=O)C(CS)NC(=O)CCC(N)C(=O)O. The molecule has 2 unspecified atom stereocenters. The summed E-state index contributed by atoms with van der Waals surface area (Å²) in [5.74, 6) is -4.84. The summed E-state index contributed by atoms with van der Waals surface area (Å²) < 4.78 is 0. The number of hydrogen-bond donors (Lipinski definition) is 5. The summed E-state index contributed by atoms with van der Waals surface area (Å²) >= 11 is 4.04. The molecule has 5 N–H and O–H groups in total. The first-order valence-electron chi connectivity index (χ1n) is 13.6. The van der Waals surface area contributed by atoms with E-state index < -0.39 is 48.3 Å². The number of amides is 3.